The summed E-state index contributed by atoms with van der Waals surface area (Å²) in [4.78, 5) is 45.4. The Morgan fingerprint density at radius 3 is 2.62 bits per heavy atom. The molecule has 0 radical (unpaired) electrons. The molecule has 126 valence electrons. The number of aromatic nitrogens is 2. The number of hydrogen-bond donors (Lipinski definition) is 2. The number of hydrogen-bond acceptors (Lipinski definition) is 7. The topological polar surface area (TPSA) is 147 Å². The summed E-state index contributed by atoms with van der Waals surface area (Å²) >= 11 is 0. The number of amides is 3. The van der Waals surface area contributed by atoms with Gasteiger partial charge in [0.1, 0.15) is 6.54 Å². The van der Waals surface area contributed by atoms with E-state index in [0.717, 1.165) is 4.68 Å². The Morgan fingerprint density at radius 2 is 2.00 bits per heavy atom. The molecule has 24 heavy (non-hydrogen) atoms. The molecule has 1 aromatic heterocycles. The van der Waals surface area contributed by atoms with E-state index in [2.05, 4.69) is 5.10 Å². The van der Waals surface area contributed by atoms with Gasteiger partial charge in [-0.1, -0.05) is 18.2 Å². The molecule has 1 heterocycles. The van der Waals surface area contributed by atoms with E-state index in [4.69, 9.17) is 14.9 Å². The molecule has 0 fully saturated rings. The molecule has 10 heteroatoms. The number of nitrogens with zero attached hydrogens (tertiary/aromatic N) is 2. The zero-order valence-electron chi connectivity index (χ0n) is 12.6. The minimum atomic E-state index is -1.26. The predicted molar refractivity (Wildman–Crippen MR) is 79.5 cm³/mol. The van der Waals surface area contributed by atoms with Gasteiger partial charge in [-0.2, -0.15) is 4.68 Å². The van der Waals surface area contributed by atoms with Gasteiger partial charge in [0.05, 0.1) is 0 Å². The van der Waals surface area contributed by atoms with Crippen molar-refractivity contribution in [1.82, 2.24) is 15.1 Å². The van der Waals surface area contributed by atoms with Crippen LogP contribution in [0.5, 0.6) is 0 Å². The lowest BCUT2D eigenvalue weighted by Crippen LogP contribution is -2.42. The SMILES string of the molecule is C[C@@H](OC(=O)Cn1nc(-c2ccccc2)oc1=O)C(=O)NC(N)=O. The maximum atomic E-state index is 11.8. The molecule has 0 saturated heterocycles. The zero-order valence-corrected chi connectivity index (χ0v) is 12.6. The van der Waals surface area contributed by atoms with Gasteiger partial charge in [-0.3, -0.25) is 14.9 Å². The van der Waals surface area contributed by atoms with E-state index < -0.39 is 36.3 Å². The fraction of sp³-hybridized carbons (Fsp3) is 0.214. The van der Waals surface area contributed by atoms with Crippen LogP contribution in [-0.4, -0.2) is 33.8 Å². The minimum Gasteiger partial charge on any atom is -0.451 e. The van der Waals surface area contributed by atoms with Gasteiger partial charge in [0.15, 0.2) is 6.10 Å². The predicted octanol–water partition coefficient (Wildman–Crippen LogP) is -0.370. The molecule has 2 aromatic rings. The molecule has 3 N–H and O–H groups in total. The van der Waals surface area contributed by atoms with Crippen molar-refractivity contribution in [3.63, 3.8) is 0 Å². The summed E-state index contributed by atoms with van der Waals surface area (Å²) < 4.78 is 10.5. The van der Waals surface area contributed by atoms with Crippen LogP contribution < -0.4 is 16.8 Å². The van der Waals surface area contributed by atoms with Crippen LogP contribution in [0.3, 0.4) is 0 Å². The molecule has 2 rings (SSSR count). The summed E-state index contributed by atoms with van der Waals surface area (Å²) in [5, 5.41) is 5.65. The Hall–Kier alpha value is -3.43. The molecule has 1 atom stereocenters. The largest absolute Gasteiger partial charge is 0.451 e. The lowest BCUT2D eigenvalue weighted by Gasteiger charge is -2.11. The van der Waals surface area contributed by atoms with Gasteiger partial charge >= 0.3 is 17.8 Å². The number of carbonyl (C=O) groups is 3. The summed E-state index contributed by atoms with van der Waals surface area (Å²) in [6.45, 7) is 0.695. The number of rotatable bonds is 5. The molecule has 0 aliphatic rings. The highest BCUT2D eigenvalue weighted by molar-refractivity contribution is 5.96. The first-order chi connectivity index (χ1) is 11.4. The molecule has 1 aromatic carbocycles. The van der Waals surface area contributed by atoms with Crippen molar-refractivity contribution in [3.8, 4) is 11.5 Å². The first-order valence-electron chi connectivity index (χ1n) is 6.80. The van der Waals surface area contributed by atoms with E-state index in [-0.39, 0.29) is 5.89 Å². The van der Waals surface area contributed by atoms with Gasteiger partial charge in [0.25, 0.3) is 5.91 Å². The number of esters is 1. The first kappa shape index (κ1) is 16.9. The van der Waals surface area contributed by atoms with Crippen molar-refractivity contribution in [2.24, 2.45) is 5.73 Å². The van der Waals surface area contributed by atoms with Gasteiger partial charge < -0.3 is 14.9 Å². The number of urea groups is 1. The number of ether oxygens (including phenoxy) is 1. The number of benzene rings is 1. The quantitative estimate of drug-likeness (QED) is 0.709. The highest BCUT2D eigenvalue weighted by Gasteiger charge is 2.20. The van der Waals surface area contributed by atoms with Crippen molar-refractivity contribution >= 4 is 17.9 Å². The maximum Gasteiger partial charge on any atom is 0.437 e. The third-order valence-corrected chi connectivity index (χ3v) is 2.83. The highest BCUT2D eigenvalue weighted by atomic mass is 16.5. The van der Waals surface area contributed by atoms with E-state index in [9.17, 15) is 19.2 Å². The number of imide groups is 1. The van der Waals surface area contributed by atoms with Crippen molar-refractivity contribution in [1.29, 1.82) is 0 Å². The average molecular weight is 334 g/mol. The highest BCUT2D eigenvalue weighted by Crippen LogP contribution is 2.13. The normalized spacial score (nSPS) is 11.5. The van der Waals surface area contributed by atoms with E-state index in [0.29, 0.717) is 5.56 Å². The van der Waals surface area contributed by atoms with Crippen molar-refractivity contribution < 1.29 is 23.5 Å². The van der Waals surface area contributed by atoms with E-state index in [1.807, 2.05) is 0 Å². The van der Waals surface area contributed by atoms with E-state index in [1.165, 1.54) is 6.92 Å². The molecular weight excluding hydrogens is 320 g/mol. The van der Waals surface area contributed by atoms with Crippen LogP contribution in [0.1, 0.15) is 6.92 Å². The standard InChI is InChI=1S/C14H14N4O6/c1-8(11(20)16-13(15)21)23-10(19)7-18-14(22)24-12(17-18)9-5-3-2-4-6-9/h2-6,8H,7H2,1H3,(H3,15,16,20,21)/t8-/m1/s1. The fourth-order valence-corrected chi connectivity index (χ4v) is 1.74. The van der Waals surface area contributed by atoms with Crippen LogP contribution in [0, 0.1) is 0 Å². The van der Waals surface area contributed by atoms with Gasteiger partial charge in [-0.05, 0) is 19.1 Å². The molecule has 3 amide bonds. The van der Waals surface area contributed by atoms with Crippen LogP contribution >= 0.6 is 0 Å². The average Bonchev–Trinajstić information content (AvgIpc) is 2.88. The number of primary amides is 1. The summed E-state index contributed by atoms with van der Waals surface area (Å²) in [5.41, 5.74) is 5.35. The van der Waals surface area contributed by atoms with Crippen LogP contribution in [0.4, 0.5) is 4.79 Å². The lowest BCUT2D eigenvalue weighted by atomic mass is 10.2. The molecule has 0 unspecified atom stereocenters. The Morgan fingerprint density at radius 1 is 1.33 bits per heavy atom. The van der Waals surface area contributed by atoms with Crippen LogP contribution in [0.2, 0.25) is 0 Å². The summed E-state index contributed by atoms with van der Waals surface area (Å²) in [6.07, 6.45) is -1.26. The van der Waals surface area contributed by atoms with E-state index >= 15 is 0 Å². The Labute approximate surface area is 135 Å². The van der Waals surface area contributed by atoms with E-state index in [1.54, 1.807) is 35.6 Å². The third-order valence-electron chi connectivity index (χ3n) is 2.83. The first-order valence-corrected chi connectivity index (χ1v) is 6.80. The second-order valence-electron chi connectivity index (χ2n) is 4.68. The molecule has 0 bridgehead atoms. The molecule has 0 saturated carbocycles. The molecule has 0 aliphatic carbocycles. The Bertz CT molecular complexity index is 810. The summed E-state index contributed by atoms with van der Waals surface area (Å²) in [5.74, 6) is -2.58. The second kappa shape index (κ2) is 7.22. The van der Waals surface area contributed by atoms with Gasteiger partial charge in [0, 0.05) is 5.56 Å². The van der Waals surface area contributed by atoms with Gasteiger partial charge in [0.2, 0.25) is 5.89 Å². The molecule has 10 nitrogen and oxygen atoms in total. The van der Waals surface area contributed by atoms with Crippen molar-refractivity contribution in [2.45, 2.75) is 19.6 Å². The smallest absolute Gasteiger partial charge is 0.437 e. The van der Waals surface area contributed by atoms with Crippen LogP contribution in [0.15, 0.2) is 39.5 Å². The van der Waals surface area contributed by atoms with Gasteiger partial charge in [-0.25, -0.2) is 9.59 Å². The zero-order chi connectivity index (χ0) is 17.7. The summed E-state index contributed by atoms with van der Waals surface area (Å²) in [7, 11) is 0. The maximum absolute atomic E-state index is 11.8. The Balaban J connectivity index is 2.02. The monoisotopic (exact) mass is 334 g/mol. The molecular formula is C14H14N4O6. The fourth-order valence-electron chi connectivity index (χ4n) is 1.74. The van der Waals surface area contributed by atoms with Crippen molar-refractivity contribution in [2.75, 3.05) is 0 Å². The third kappa shape index (κ3) is 4.29. The van der Waals surface area contributed by atoms with Crippen LogP contribution in [-0.2, 0) is 20.9 Å². The van der Waals surface area contributed by atoms with Crippen LogP contribution in [0.25, 0.3) is 11.5 Å². The second-order valence-corrected chi connectivity index (χ2v) is 4.68. The minimum absolute atomic E-state index is 0.0490. The molecule has 0 aliphatic heterocycles. The number of carbonyl (C=O) groups excluding carboxylic acids is 3. The van der Waals surface area contributed by atoms with Gasteiger partial charge in [-0.15, -0.1) is 5.10 Å². The number of nitrogens with one attached hydrogen (secondary N) is 1. The summed E-state index contributed by atoms with van der Waals surface area (Å²) in [6, 6.07) is 7.56. The Kier molecular flexibility index (Phi) is 5.09. The lowest BCUT2D eigenvalue weighted by molar-refractivity contribution is -0.155. The van der Waals surface area contributed by atoms with Crippen molar-refractivity contribution in [3.05, 3.63) is 40.9 Å². The number of nitrogens with two attached hydrogens (primary N) is 1. The molecule has 0 spiro atoms.